The van der Waals surface area contributed by atoms with Gasteiger partial charge in [-0.3, -0.25) is 9.59 Å². The Morgan fingerprint density at radius 1 is 1.07 bits per heavy atom. The van der Waals surface area contributed by atoms with Crippen molar-refractivity contribution in [3.8, 4) is 11.3 Å². The SMILES string of the molecule is Cc1ccc(C)c(-c2nn(CC(=O)NCc3cccs3)c(=O)c3ccccc23)c1. The zero-order chi connectivity index (χ0) is 20.4. The number of aromatic nitrogens is 2. The van der Waals surface area contributed by atoms with E-state index in [1.54, 1.807) is 17.4 Å². The summed E-state index contributed by atoms with van der Waals surface area (Å²) in [6.07, 6.45) is 0. The normalized spacial score (nSPS) is 11.0. The molecule has 146 valence electrons. The standard InChI is InChI=1S/C23H21N3O2S/c1-15-9-10-16(2)20(12-15)22-18-7-3-4-8-19(18)23(28)26(25-22)14-21(27)24-13-17-6-5-11-29-17/h3-12H,13-14H2,1-2H3,(H,24,27). The molecular weight excluding hydrogens is 382 g/mol. The average molecular weight is 404 g/mol. The van der Waals surface area contributed by atoms with E-state index < -0.39 is 0 Å². The summed E-state index contributed by atoms with van der Waals surface area (Å²) in [6.45, 7) is 4.38. The van der Waals surface area contributed by atoms with Crippen LogP contribution in [0.2, 0.25) is 0 Å². The van der Waals surface area contributed by atoms with E-state index in [0.29, 0.717) is 17.6 Å². The van der Waals surface area contributed by atoms with Gasteiger partial charge in [0.15, 0.2) is 0 Å². The second kappa shape index (κ2) is 8.01. The molecule has 0 aliphatic rings. The van der Waals surface area contributed by atoms with Gasteiger partial charge in [0.05, 0.1) is 17.6 Å². The Bertz CT molecular complexity index is 1240. The van der Waals surface area contributed by atoms with Gasteiger partial charge in [-0.15, -0.1) is 11.3 Å². The summed E-state index contributed by atoms with van der Waals surface area (Å²) in [5, 5.41) is 10.8. The molecule has 0 saturated heterocycles. The van der Waals surface area contributed by atoms with E-state index >= 15 is 0 Å². The summed E-state index contributed by atoms with van der Waals surface area (Å²) in [4.78, 5) is 26.5. The Kier molecular flexibility index (Phi) is 5.27. The number of thiophene rings is 1. The number of aryl methyl sites for hydroxylation is 2. The Balaban J connectivity index is 1.75. The van der Waals surface area contributed by atoms with Crippen LogP contribution in [0.5, 0.6) is 0 Å². The summed E-state index contributed by atoms with van der Waals surface area (Å²) < 4.78 is 1.27. The molecule has 6 heteroatoms. The number of hydrogen-bond donors (Lipinski definition) is 1. The van der Waals surface area contributed by atoms with Crippen LogP contribution < -0.4 is 10.9 Å². The smallest absolute Gasteiger partial charge is 0.275 e. The predicted octanol–water partition coefficient (Wildman–Crippen LogP) is 4.06. The molecule has 2 aromatic heterocycles. The molecule has 0 aliphatic heterocycles. The number of nitrogens with one attached hydrogen (secondary N) is 1. The van der Waals surface area contributed by atoms with E-state index in [0.717, 1.165) is 27.0 Å². The molecule has 0 spiro atoms. The van der Waals surface area contributed by atoms with Crippen molar-refractivity contribution in [3.05, 3.63) is 86.3 Å². The van der Waals surface area contributed by atoms with Crippen LogP contribution in [-0.2, 0) is 17.9 Å². The summed E-state index contributed by atoms with van der Waals surface area (Å²) in [5.74, 6) is -0.241. The molecule has 4 rings (SSSR count). The first kappa shape index (κ1) is 19.1. The molecule has 0 aliphatic carbocycles. The van der Waals surface area contributed by atoms with Crippen molar-refractivity contribution in [2.75, 3.05) is 0 Å². The summed E-state index contributed by atoms with van der Waals surface area (Å²) in [6, 6.07) is 17.5. The minimum atomic E-state index is -0.263. The minimum absolute atomic E-state index is 0.118. The van der Waals surface area contributed by atoms with Gasteiger partial charge in [-0.05, 0) is 43.0 Å². The Morgan fingerprint density at radius 3 is 2.62 bits per heavy atom. The largest absolute Gasteiger partial charge is 0.350 e. The molecule has 1 amide bonds. The maximum absolute atomic E-state index is 13.0. The average Bonchev–Trinajstić information content (AvgIpc) is 3.24. The van der Waals surface area contributed by atoms with Gasteiger partial charge in [-0.25, -0.2) is 4.68 Å². The molecule has 4 aromatic rings. The lowest BCUT2D eigenvalue weighted by atomic mass is 9.99. The maximum atomic E-state index is 13.0. The zero-order valence-electron chi connectivity index (χ0n) is 16.3. The maximum Gasteiger partial charge on any atom is 0.275 e. The Morgan fingerprint density at radius 2 is 1.86 bits per heavy atom. The number of nitrogens with zero attached hydrogens (tertiary/aromatic N) is 2. The molecule has 2 aromatic carbocycles. The lowest BCUT2D eigenvalue weighted by molar-refractivity contribution is -0.122. The van der Waals surface area contributed by atoms with E-state index in [9.17, 15) is 9.59 Å². The molecule has 0 radical (unpaired) electrons. The van der Waals surface area contributed by atoms with Crippen LogP contribution in [0.3, 0.4) is 0 Å². The van der Waals surface area contributed by atoms with Gasteiger partial charge >= 0.3 is 0 Å². The molecular formula is C23H21N3O2S. The monoisotopic (exact) mass is 403 g/mol. The van der Waals surface area contributed by atoms with Crippen LogP contribution in [0, 0.1) is 13.8 Å². The highest BCUT2D eigenvalue weighted by Crippen LogP contribution is 2.28. The number of rotatable bonds is 5. The van der Waals surface area contributed by atoms with Crippen molar-refractivity contribution in [2.45, 2.75) is 26.9 Å². The molecule has 0 atom stereocenters. The van der Waals surface area contributed by atoms with Crippen molar-refractivity contribution in [2.24, 2.45) is 0 Å². The van der Waals surface area contributed by atoms with Crippen LogP contribution in [0.25, 0.3) is 22.0 Å². The van der Waals surface area contributed by atoms with Crippen LogP contribution >= 0.6 is 11.3 Å². The van der Waals surface area contributed by atoms with E-state index in [1.165, 1.54) is 4.68 Å². The number of carbonyl (C=O) groups excluding carboxylic acids is 1. The molecule has 2 heterocycles. The third-order valence-electron chi connectivity index (χ3n) is 4.85. The van der Waals surface area contributed by atoms with Gasteiger partial charge < -0.3 is 5.32 Å². The van der Waals surface area contributed by atoms with Gasteiger partial charge in [0.1, 0.15) is 6.54 Å². The van der Waals surface area contributed by atoms with Crippen molar-refractivity contribution in [1.29, 1.82) is 0 Å². The van der Waals surface area contributed by atoms with E-state index in [4.69, 9.17) is 0 Å². The van der Waals surface area contributed by atoms with Gasteiger partial charge in [-0.2, -0.15) is 5.10 Å². The first-order chi connectivity index (χ1) is 14.0. The summed E-state index contributed by atoms with van der Waals surface area (Å²) in [5.41, 5.74) is 3.60. The minimum Gasteiger partial charge on any atom is -0.350 e. The van der Waals surface area contributed by atoms with Gasteiger partial charge in [-0.1, -0.05) is 42.0 Å². The molecule has 29 heavy (non-hydrogen) atoms. The van der Waals surface area contributed by atoms with Crippen LogP contribution in [0.4, 0.5) is 0 Å². The van der Waals surface area contributed by atoms with Gasteiger partial charge in [0, 0.05) is 15.8 Å². The number of hydrogen-bond acceptors (Lipinski definition) is 4. The van der Waals surface area contributed by atoms with Crippen LogP contribution in [0.15, 0.2) is 64.8 Å². The first-order valence-corrected chi connectivity index (χ1v) is 10.3. The summed E-state index contributed by atoms with van der Waals surface area (Å²) >= 11 is 1.58. The van der Waals surface area contributed by atoms with Crippen LogP contribution in [-0.4, -0.2) is 15.7 Å². The van der Waals surface area contributed by atoms with E-state index in [-0.39, 0.29) is 18.0 Å². The number of amides is 1. The summed E-state index contributed by atoms with van der Waals surface area (Å²) in [7, 11) is 0. The topological polar surface area (TPSA) is 64.0 Å². The highest BCUT2D eigenvalue weighted by Gasteiger charge is 2.15. The van der Waals surface area contributed by atoms with Crippen molar-refractivity contribution >= 4 is 28.0 Å². The third kappa shape index (κ3) is 3.98. The first-order valence-electron chi connectivity index (χ1n) is 9.39. The fourth-order valence-electron chi connectivity index (χ4n) is 3.32. The highest BCUT2D eigenvalue weighted by atomic mass is 32.1. The Labute approximate surface area is 172 Å². The number of benzene rings is 2. The number of carbonyl (C=O) groups is 1. The third-order valence-corrected chi connectivity index (χ3v) is 5.73. The quantitative estimate of drug-likeness (QED) is 0.547. The second-order valence-electron chi connectivity index (χ2n) is 7.03. The zero-order valence-corrected chi connectivity index (χ0v) is 17.1. The van der Waals surface area contributed by atoms with Crippen molar-refractivity contribution < 1.29 is 4.79 Å². The van der Waals surface area contributed by atoms with Crippen LogP contribution in [0.1, 0.15) is 16.0 Å². The van der Waals surface area contributed by atoms with E-state index in [2.05, 4.69) is 22.5 Å². The molecule has 1 N–H and O–H groups in total. The fourth-order valence-corrected chi connectivity index (χ4v) is 3.97. The Hall–Kier alpha value is -3.25. The molecule has 0 bridgehead atoms. The lowest BCUT2D eigenvalue weighted by Gasteiger charge is -2.13. The van der Waals surface area contributed by atoms with Gasteiger partial charge in [0.25, 0.3) is 5.56 Å². The highest BCUT2D eigenvalue weighted by molar-refractivity contribution is 7.09. The molecule has 0 fully saturated rings. The second-order valence-corrected chi connectivity index (χ2v) is 8.06. The molecule has 0 unspecified atom stereocenters. The lowest BCUT2D eigenvalue weighted by Crippen LogP contribution is -2.33. The fraction of sp³-hybridized carbons (Fsp3) is 0.174. The molecule has 0 saturated carbocycles. The van der Waals surface area contributed by atoms with Crippen molar-refractivity contribution in [3.63, 3.8) is 0 Å². The molecule has 5 nitrogen and oxygen atoms in total. The van der Waals surface area contributed by atoms with Crippen molar-refractivity contribution in [1.82, 2.24) is 15.1 Å². The van der Waals surface area contributed by atoms with Gasteiger partial charge in [0.2, 0.25) is 5.91 Å². The number of fused-ring (bicyclic) bond motifs is 1. The van der Waals surface area contributed by atoms with E-state index in [1.807, 2.05) is 55.6 Å². The predicted molar refractivity (Wildman–Crippen MR) is 117 cm³/mol.